The number of rotatable bonds is 2. The molecular formula is C18H15ClN4O. The third-order valence-corrected chi connectivity index (χ3v) is 4.06. The zero-order valence-electron chi connectivity index (χ0n) is 13.5. The van der Waals surface area contributed by atoms with E-state index < -0.39 is 5.56 Å². The monoisotopic (exact) mass is 338 g/mol. The van der Waals surface area contributed by atoms with Crippen LogP contribution in [0.25, 0.3) is 16.7 Å². The van der Waals surface area contributed by atoms with Crippen LogP contribution in [-0.2, 0) is 0 Å². The maximum Gasteiger partial charge on any atom is 0.274 e. The number of nitrogens with zero attached hydrogens (tertiary/aromatic N) is 4. The van der Waals surface area contributed by atoms with Gasteiger partial charge in [0.15, 0.2) is 0 Å². The summed E-state index contributed by atoms with van der Waals surface area (Å²) in [4.78, 5) is 21.6. The molecule has 5 nitrogen and oxygen atoms in total. The fourth-order valence-electron chi connectivity index (χ4n) is 2.75. The van der Waals surface area contributed by atoms with Gasteiger partial charge in [-0.3, -0.25) is 14.3 Å². The van der Waals surface area contributed by atoms with Gasteiger partial charge in [-0.15, -0.1) is 0 Å². The van der Waals surface area contributed by atoms with Crippen LogP contribution in [0.15, 0.2) is 35.4 Å². The molecule has 0 aliphatic heterocycles. The maximum absolute atomic E-state index is 12.9. The van der Waals surface area contributed by atoms with Crippen LogP contribution in [0.1, 0.15) is 36.6 Å². The van der Waals surface area contributed by atoms with Crippen LogP contribution in [0.5, 0.6) is 0 Å². The highest BCUT2D eigenvalue weighted by Gasteiger charge is 2.19. The second-order valence-electron chi connectivity index (χ2n) is 5.89. The quantitative estimate of drug-likeness (QED) is 0.713. The van der Waals surface area contributed by atoms with Gasteiger partial charge in [-0.1, -0.05) is 25.4 Å². The van der Waals surface area contributed by atoms with Crippen LogP contribution in [0.2, 0.25) is 5.02 Å². The number of aryl methyl sites for hydroxylation is 1. The third-order valence-electron chi connectivity index (χ3n) is 3.85. The number of hydrogen-bond acceptors (Lipinski definition) is 4. The Morgan fingerprint density at radius 2 is 2.04 bits per heavy atom. The minimum absolute atomic E-state index is 0.0459. The molecule has 3 heterocycles. The second kappa shape index (κ2) is 6.06. The Hall–Kier alpha value is -2.71. The van der Waals surface area contributed by atoms with Crippen molar-refractivity contribution in [3.63, 3.8) is 0 Å². The molecule has 0 aliphatic carbocycles. The fraction of sp³-hybridized carbons (Fsp3) is 0.222. The maximum atomic E-state index is 12.9. The molecule has 120 valence electrons. The lowest BCUT2D eigenvalue weighted by Crippen LogP contribution is -2.24. The molecule has 0 spiro atoms. The number of aromatic nitrogens is 3. The van der Waals surface area contributed by atoms with Crippen molar-refractivity contribution in [1.29, 1.82) is 5.26 Å². The van der Waals surface area contributed by atoms with Crippen molar-refractivity contribution in [2.75, 3.05) is 0 Å². The van der Waals surface area contributed by atoms with Gasteiger partial charge in [0, 0.05) is 17.8 Å². The van der Waals surface area contributed by atoms with E-state index in [1.54, 1.807) is 12.3 Å². The van der Waals surface area contributed by atoms with Gasteiger partial charge in [-0.25, -0.2) is 4.98 Å². The second-order valence-corrected chi connectivity index (χ2v) is 6.33. The van der Waals surface area contributed by atoms with Crippen molar-refractivity contribution in [1.82, 2.24) is 14.5 Å². The Labute approximate surface area is 144 Å². The average Bonchev–Trinajstić information content (AvgIpc) is 2.55. The SMILES string of the molecule is Cc1ccnc(C(C)C)c1-n1c(=O)c(C#N)cc2cc(Cl)cnc21. The Kier molecular flexibility index (Phi) is 4.08. The number of nitriles is 1. The molecule has 0 aliphatic rings. The molecule has 0 aromatic carbocycles. The van der Waals surface area contributed by atoms with Gasteiger partial charge in [-0.2, -0.15) is 5.26 Å². The van der Waals surface area contributed by atoms with Gasteiger partial charge in [0.1, 0.15) is 17.3 Å². The minimum Gasteiger partial charge on any atom is -0.267 e. The lowest BCUT2D eigenvalue weighted by atomic mass is 10.0. The molecule has 3 aromatic heterocycles. The summed E-state index contributed by atoms with van der Waals surface area (Å²) in [6.45, 7) is 5.93. The Morgan fingerprint density at radius 1 is 1.29 bits per heavy atom. The molecule has 0 atom stereocenters. The number of halogens is 1. The van der Waals surface area contributed by atoms with E-state index in [4.69, 9.17) is 11.6 Å². The van der Waals surface area contributed by atoms with Crippen LogP contribution >= 0.6 is 11.6 Å². The first-order valence-corrected chi connectivity index (χ1v) is 7.89. The average molecular weight is 339 g/mol. The van der Waals surface area contributed by atoms with E-state index >= 15 is 0 Å². The Balaban J connectivity index is 2.54. The molecule has 0 bridgehead atoms. The van der Waals surface area contributed by atoms with Crippen molar-refractivity contribution in [3.8, 4) is 11.8 Å². The van der Waals surface area contributed by atoms with E-state index in [0.717, 1.165) is 11.3 Å². The fourth-order valence-corrected chi connectivity index (χ4v) is 2.91. The molecule has 0 fully saturated rings. The van der Waals surface area contributed by atoms with Gasteiger partial charge in [0.05, 0.1) is 16.4 Å². The van der Waals surface area contributed by atoms with E-state index in [1.807, 2.05) is 32.9 Å². The van der Waals surface area contributed by atoms with E-state index in [9.17, 15) is 10.1 Å². The van der Waals surface area contributed by atoms with Crippen molar-refractivity contribution in [3.05, 3.63) is 62.8 Å². The van der Waals surface area contributed by atoms with E-state index in [-0.39, 0.29) is 11.5 Å². The number of pyridine rings is 3. The molecule has 6 heteroatoms. The lowest BCUT2D eigenvalue weighted by Gasteiger charge is -2.18. The molecule has 3 aromatic rings. The van der Waals surface area contributed by atoms with Crippen molar-refractivity contribution >= 4 is 22.6 Å². The smallest absolute Gasteiger partial charge is 0.267 e. The lowest BCUT2D eigenvalue weighted by molar-refractivity contribution is 0.796. The van der Waals surface area contributed by atoms with Gasteiger partial charge < -0.3 is 0 Å². The zero-order valence-corrected chi connectivity index (χ0v) is 14.3. The summed E-state index contributed by atoms with van der Waals surface area (Å²) in [7, 11) is 0. The third kappa shape index (κ3) is 2.55. The van der Waals surface area contributed by atoms with E-state index in [2.05, 4.69) is 9.97 Å². The first-order chi connectivity index (χ1) is 11.4. The van der Waals surface area contributed by atoms with Crippen molar-refractivity contribution in [2.24, 2.45) is 0 Å². The minimum atomic E-state index is -0.405. The van der Waals surface area contributed by atoms with Gasteiger partial charge in [-0.05, 0) is 36.6 Å². The largest absolute Gasteiger partial charge is 0.274 e. The standard InChI is InChI=1S/C18H15ClN4O/c1-10(2)15-16(11(3)4-5-21-15)23-17-12(7-14(19)9-22-17)6-13(8-20)18(23)24/h4-7,9-10H,1-3H3. The molecule has 24 heavy (non-hydrogen) atoms. The molecule has 0 saturated heterocycles. The first-order valence-electron chi connectivity index (χ1n) is 7.51. The van der Waals surface area contributed by atoms with Crippen LogP contribution in [0, 0.1) is 18.3 Å². The molecule has 0 N–H and O–H groups in total. The van der Waals surface area contributed by atoms with E-state index in [0.29, 0.717) is 21.7 Å². The van der Waals surface area contributed by atoms with Gasteiger partial charge in [0.2, 0.25) is 0 Å². The summed E-state index contributed by atoms with van der Waals surface area (Å²) < 4.78 is 1.47. The normalized spacial score (nSPS) is 11.0. The Bertz CT molecular complexity index is 1050. The molecular weight excluding hydrogens is 324 g/mol. The van der Waals surface area contributed by atoms with E-state index in [1.165, 1.54) is 16.8 Å². The summed E-state index contributed by atoms with van der Waals surface area (Å²) in [5.41, 5.74) is 2.45. The van der Waals surface area contributed by atoms with Crippen LogP contribution in [0.4, 0.5) is 0 Å². The summed E-state index contributed by atoms with van der Waals surface area (Å²) in [6.07, 6.45) is 3.21. The Morgan fingerprint density at radius 3 is 2.71 bits per heavy atom. The highest BCUT2D eigenvalue weighted by atomic mass is 35.5. The van der Waals surface area contributed by atoms with Crippen LogP contribution < -0.4 is 5.56 Å². The molecule has 0 unspecified atom stereocenters. The van der Waals surface area contributed by atoms with Crippen molar-refractivity contribution < 1.29 is 0 Å². The molecule has 0 saturated carbocycles. The summed E-state index contributed by atoms with van der Waals surface area (Å²) in [5, 5.41) is 10.4. The predicted octanol–water partition coefficient (Wildman–Crippen LogP) is 3.74. The van der Waals surface area contributed by atoms with Gasteiger partial charge in [0.25, 0.3) is 5.56 Å². The van der Waals surface area contributed by atoms with Gasteiger partial charge >= 0.3 is 0 Å². The van der Waals surface area contributed by atoms with Crippen LogP contribution in [-0.4, -0.2) is 14.5 Å². The van der Waals surface area contributed by atoms with Crippen molar-refractivity contribution in [2.45, 2.75) is 26.7 Å². The first kappa shape index (κ1) is 16.2. The summed E-state index contributed by atoms with van der Waals surface area (Å²) in [6, 6.07) is 7.02. The zero-order chi connectivity index (χ0) is 17.4. The highest BCUT2D eigenvalue weighted by molar-refractivity contribution is 6.31. The summed E-state index contributed by atoms with van der Waals surface area (Å²) >= 11 is 6.02. The van der Waals surface area contributed by atoms with Crippen LogP contribution in [0.3, 0.4) is 0 Å². The topological polar surface area (TPSA) is 71.6 Å². The number of hydrogen-bond donors (Lipinski definition) is 0. The number of fused-ring (bicyclic) bond motifs is 1. The molecule has 3 rings (SSSR count). The molecule has 0 amide bonds. The highest BCUT2D eigenvalue weighted by Crippen LogP contribution is 2.26. The predicted molar refractivity (Wildman–Crippen MR) is 93.7 cm³/mol. The summed E-state index contributed by atoms with van der Waals surface area (Å²) in [5.74, 6) is 0.111. The molecule has 0 radical (unpaired) electrons.